The number of benzene rings is 1. The van der Waals surface area contributed by atoms with E-state index in [-0.39, 0.29) is 10.5 Å². The summed E-state index contributed by atoms with van der Waals surface area (Å²) in [6.07, 6.45) is 0. The molecule has 0 saturated heterocycles. The zero-order chi connectivity index (χ0) is 14.7. The van der Waals surface area contributed by atoms with Crippen molar-refractivity contribution in [2.45, 2.75) is 10.8 Å². The van der Waals surface area contributed by atoms with Crippen molar-refractivity contribution in [3.05, 3.63) is 29.8 Å². The van der Waals surface area contributed by atoms with E-state index in [9.17, 15) is 22.0 Å². The maximum Gasteiger partial charge on any atom is 0.273 e. The minimum atomic E-state index is -4.15. The molecule has 9 heteroatoms. The van der Waals surface area contributed by atoms with Crippen molar-refractivity contribution >= 4 is 15.9 Å². The number of carbonyl (C=O) groups excluding carboxylic acids is 1. The molecule has 5 N–H and O–H groups in total. The Kier molecular flexibility index (Phi) is 4.56. The molecule has 0 saturated carbocycles. The molecule has 0 aliphatic rings. The molecule has 1 aromatic rings. The fraction of sp³-hybridized carbons (Fsp3) is 0.300. The minimum absolute atomic E-state index is 0.0338. The average Bonchev–Trinajstić information content (AvgIpc) is 2.37. The molecule has 0 aliphatic heterocycles. The summed E-state index contributed by atoms with van der Waals surface area (Å²) in [5.41, 5.74) is 9.76. The van der Waals surface area contributed by atoms with Gasteiger partial charge in [-0.3, -0.25) is 4.79 Å². The maximum atomic E-state index is 12.9. The molecule has 1 amide bonds. The Balaban J connectivity index is 2.95. The van der Waals surface area contributed by atoms with Crippen LogP contribution in [0.2, 0.25) is 0 Å². The fourth-order valence-electron chi connectivity index (χ4n) is 1.17. The lowest BCUT2D eigenvalue weighted by atomic mass is 10.2. The number of alkyl halides is 2. The van der Waals surface area contributed by atoms with Crippen LogP contribution in [0.1, 0.15) is 10.4 Å². The molecule has 0 fully saturated rings. The number of amides is 1. The van der Waals surface area contributed by atoms with Crippen LogP contribution in [0.4, 0.5) is 8.78 Å². The highest BCUT2D eigenvalue weighted by molar-refractivity contribution is 7.89. The van der Waals surface area contributed by atoms with Gasteiger partial charge in [-0.05, 0) is 18.2 Å². The summed E-state index contributed by atoms with van der Waals surface area (Å²) in [6.45, 7) is -2.09. The van der Waals surface area contributed by atoms with Gasteiger partial charge in [-0.2, -0.15) is 0 Å². The van der Waals surface area contributed by atoms with Crippen LogP contribution >= 0.6 is 0 Å². The number of nitrogens with one attached hydrogen (secondary N) is 1. The van der Waals surface area contributed by atoms with E-state index in [0.717, 1.165) is 12.1 Å². The molecule has 0 radical (unpaired) electrons. The van der Waals surface area contributed by atoms with Crippen molar-refractivity contribution in [1.82, 2.24) is 4.72 Å². The monoisotopic (exact) mass is 293 g/mol. The normalized spacial score (nSPS) is 12.4. The van der Waals surface area contributed by atoms with E-state index in [1.165, 1.54) is 12.1 Å². The Bertz CT molecular complexity index is 575. The number of nitrogens with two attached hydrogens (primary N) is 2. The van der Waals surface area contributed by atoms with E-state index < -0.39 is 34.9 Å². The molecule has 1 aromatic carbocycles. The van der Waals surface area contributed by atoms with Gasteiger partial charge >= 0.3 is 0 Å². The molecule has 106 valence electrons. The van der Waals surface area contributed by atoms with Crippen molar-refractivity contribution in [2.24, 2.45) is 11.5 Å². The predicted octanol–water partition coefficient (Wildman–Crippen LogP) is -0.342. The van der Waals surface area contributed by atoms with Gasteiger partial charge in [0.15, 0.2) is 0 Å². The van der Waals surface area contributed by atoms with E-state index in [0.29, 0.717) is 0 Å². The van der Waals surface area contributed by atoms with Crippen LogP contribution in [0, 0.1) is 0 Å². The Morgan fingerprint density at radius 2 is 2.00 bits per heavy atom. The zero-order valence-electron chi connectivity index (χ0n) is 9.77. The average molecular weight is 293 g/mol. The van der Waals surface area contributed by atoms with Crippen LogP contribution in [0.3, 0.4) is 0 Å². The first-order valence-corrected chi connectivity index (χ1v) is 6.64. The second kappa shape index (κ2) is 5.59. The maximum absolute atomic E-state index is 12.9. The van der Waals surface area contributed by atoms with E-state index in [4.69, 9.17) is 11.5 Å². The zero-order valence-corrected chi connectivity index (χ0v) is 10.6. The predicted molar refractivity (Wildman–Crippen MR) is 64.1 cm³/mol. The molecule has 6 nitrogen and oxygen atoms in total. The number of carbonyl (C=O) groups is 1. The fourth-order valence-corrected chi connectivity index (χ4v) is 2.28. The first-order chi connectivity index (χ1) is 8.68. The van der Waals surface area contributed by atoms with Gasteiger partial charge in [0, 0.05) is 5.56 Å². The number of rotatable bonds is 6. The summed E-state index contributed by atoms with van der Waals surface area (Å²) < 4.78 is 50.9. The van der Waals surface area contributed by atoms with Crippen LogP contribution < -0.4 is 16.2 Å². The first-order valence-electron chi connectivity index (χ1n) is 5.15. The number of hydrogen-bond acceptors (Lipinski definition) is 4. The summed E-state index contributed by atoms with van der Waals surface area (Å²) in [5.74, 6) is -4.15. The molecule has 0 aromatic heterocycles. The van der Waals surface area contributed by atoms with Crippen molar-refractivity contribution in [3.63, 3.8) is 0 Å². The van der Waals surface area contributed by atoms with Gasteiger partial charge in [-0.25, -0.2) is 21.9 Å². The Labute approximate surface area is 108 Å². The second-order valence-corrected chi connectivity index (χ2v) is 5.54. The van der Waals surface area contributed by atoms with Crippen molar-refractivity contribution in [2.75, 3.05) is 13.1 Å². The molecule has 1 rings (SSSR count). The topological polar surface area (TPSA) is 115 Å². The summed E-state index contributed by atoms with van der Waals surface area (Å²) in [4.78, 5) is 10.6. The third-order valence-corrected chi connectivity index (χ3v) is 3.65. The SMILES string of the molecule is NCC(F)(F)CNS(=O)(=O)c1cccc(C(N)=O)c1. The second-order valence-electron chi connectivity index (χ2n) is 3.78. The van der Waals surface area contributed by atoms with E-state index in [2.05, 4.69) is 0 Å². The summed E-state index contributed by atoms with van der Waals surface area (Å²) in [7, 11) is -4.15. The van der Waals surface area contributed by atoms with Crippen LogP contribution in [0.15, 0.2) is 29.2 Å². The summed E-state index contributed by atoms with van der Waals surface area (Å²) >= 11 is 0. The quantitative estimate of drug-likeness (QED) is 0.665. The van der Waals surface area contributed by atoms with Crippen molar-refractivity contribution < 1.29 is 22.0 Å². The third-order valence-electron chi connectivity index (χ3n) is 2.25. The van der Waals surface area contributed by atoms with Gasteiger partial charge in [0.1, 0.15) is 0 Å². The standard InChI is InChI=1S/C10H13F2N3O3S/c11-10(12,5-13)6-15-19(17,18)8-3-1-2-7(4-8)9(14)16/h1-4,15H,5-6,13H2,(H2,14,16). The first kappa shape index (κ1) is 15.5. The smallest absolute Gasteiger partial charge is 0.273 e. The lowest BCUT2D eigenvalue weighted by Crippen LogP contribution is -2.41. The highest BCUT2D eigenvalue weighted by Crippen LogP contribution is 2.14. The van der Waals surface area contributed by atoms with Crippen molar-refractivity contribution in [1.29, 1.82) is 0 Å². The summed E-state index contributed by atoms with van der Waals surface area (Å²) in [5, 5.41) is 0. The summed E-state index contributed by atoms with van der Waals surface area (Å²) in [6, 6.07) is 4.77. The van der Waals surface area contributed by atoms with Gasteiger partial charge in [-0.1, -0.05) is 6.07 Å². The number of primary amides is 1. The number of hydrogen-bond donors (Lipinski definition) is 3. The minimum Gasteiger partial charge on any atom is -0.366 e. The molecular formula is C10H13F2N3O3S. The van der Waals surface area contributed by atoms with E-state index in [1.807, 2.05) is 0 Å². The molecule has 0 bridgehead atoms. The largest absolute Gasteiger partial charge is 0.366 e. The van der Waals surface area contributed by atoms with Gasteiger partial charge in [0.2, 0.25) is 15.9 Å². The van der Waals surface area contributed by atoms with Gasteiger partial charge < -0.3 is 11.5 Å². The third kappa shape index (κ3) is 4.23. The Morgan fingerprint density at radius 1 is 1.37 bits per heavy atom. The molecular weight excluding hydrogens is 280 g/mol. The lowest BCUT2D eigenvalue weighted by Gasteiger charge is -2.14. The van der Waals surface area contributed by atoms with Crippen LogP contribution in [-0.2, 0) is 10.0 Å². The molecule has 0 unspecified atom stereocenters. The Hall–Kier alpha value is -1.58. The van der Waals surface area contributed by atoms with E-state index >= 15 is 0 Å². The van der Waals surface area contributed by atoms with Crippen LogP contribution in [0.5, 0.6) is 0 Å². The van der Waals surface area contributed by atoms with Gasteiger partial charge in [-0.15, -0.1) is 0 Å². The highest BCUT2D eigenvalue weighted by Gasteiger charge is 2.29. The van der Waals surface area contributed by atoms with Crippen LogP contribution in [-0.4, -0.2) is 33.3 Å². The van der Waals surface area contributed by atoms with E-state index in [1.54, 1.807) is 4.72 Å². The number of halogens is 2. The molecule has 0 aliphatic carbocycles. The van der Waals surface area contributed by atoms with Crippen LogP contribution in [0.25, 0.3) is 0 Å². The Morgan fingerprint density at radius 3 is 2.53 bits per heavy atom. The molecule has 0 atom stereocenters. The van der Waals surface area contributed by atoms with Gasteiger partial charge in [0.05, 0.1) is 18.0 Å². The molecule has 0 spiro atoms. The van der Waals surface area contributed by atoms with Crippen molar-refractivity contribution in [3.8, 4) is 0 Å². The number of sulfonamides is 1. The van der Waals surface area contributed by atoms with Gasteiger partial charge in [0.25, 0.3) is 5.92 Å². The molecule has 19 heavy (non-hydrogen) atoms. The lowest BCUT2D eigenvalue weighted by molar-refractivity contribution is 0.0170. The highest BCUT2D eigenvalue weighted by atomic mass is 32.2. The molecule has 0 heterocycles.